The number of hydrogen-bond acceptors (Lipinski definition) is 7. The highest BCUT2D eigenvalue weighted by atomic mass is 32.2. The number of ether oxygens (including phenoxy) is 1. The molecule has 0 saturated carbocycles. The minimum absolute atomic E-state index is 0.0313. The number of anilines is 1. The third kappa shape index (κ3) is 8.09. The molecule has 232 valence electrons. The van der Waals surface area contributed by atoms with Crippen molar-refractivity contribution < 1.29 is 41.1 Å². The number of halogens is 4. The molecule has 1 aliphatic rings. The van der Waals surface area contributed by atoms with Crippen LogP contribution in [0.3, 0.4) is 0 Å². The third-order valence-electron chi connectivity index (χ3n) is 6.42. The summed E-state index contributed by atoms with van der Waals surface area (Å²) in [6.07, 6.45) is -4.26. The molecular weight excluding hydrogens is 616 g/mol. The second kappa shape index (κ2) is 13.7. The topological polar surface area (TPSA) is 113 Å². The van der Waals surface area contributed by atoms with Crippen molar-refractivity contribution in [3.05, 3.63) is 119 Å². The largest absolute Gasteiger partial charge is 0.467 e. The quantitative estimate of drug-likeness (QED) is 0.195. The Labute approximate surface area is 258 Å². The molecule has 1 atom stereocenters. The van der Waals surface area contributed by atoms with Gasteiger partial charge in [-0.25, -0.2) is 14.2 Å². The number of thioether (sulfide) groups is 1. The molecule has 5 rings (SSSR count). The number of aliphatic imine (C=N–C) groups is 1. The average molecular weight is 641 g/mol. The van der Waals surface area contributed by atoms with Gasteiger partial charge in [0, 0.05) is 5.69 Å². The predicted molar refractivity (Wildman–Crippen MR) is 158 cm³/mol. The summed E-state index contributed by atoms with van der Waals surface area (Å²) < 4.78 is 64.1. The Hall–Kier alpha value is -5.11. The summed E-state index contributed by atoms with van der Waals surface area (Å²) >= 11 is 1.01. The van der Waals surface area contributed by atoms with Crippen molar-refractivity contribution >= 4 is 46.2 Å². The summed E-state index contributed by atoms with van der Waals surface area (Å²) in [4.78, 5) is 43.3. The van der Waals surface area contributed by atoms with Crippen molar-refractivity contribution in [1.82, 2.24) is 10.2 Å². The first-order valence-electron chi connectivity index (χ1n) is 13.4. The molecule has 9 nitrogen and oxygen atoms in total. The number of hydrogen-bond donors (Lipinski definition) is 2. The highest BCUT2D eigenvalue weighted by Gasteiger charge is 2.40. The number of alkyl halides is 3. The molecular formula is C31H24F4N4O5S. The Bertz CT molecular complexity index is 1700. The monoisotopic (exact) mass is 640 g/mol. The van der Waals surface area contributed by atoms with Gasteiger partial charge in [0.25, 0.3) is 0 Å². The van der Waals surface area contributed by atoms with Gasteiger partial charge >= 0.3 is 12.3 Å². The van der Waals surface area contributed by atoms with Crippen LogP contribution in [0.25, 0.3) is 0 Å². The van der Waals surface area contributed by atoms with Crippen LogP contribution in [0.15, 0.2) is 101 Å². The molecule has 2 heterocycles. The van der Waals surface area contributed by atoms with Crippen LogP contribution in [0, 0.1) is 5.82 Å². The maximum atomic E-state index is 13.8. The summed E-state index contributed by atoms with van der Waals surface area (Å²) in [5.41, 5.74) is 0.0791. The number of amidine groups is 1. The number of amides is 3. The molecule has 3 amide bonds. The van der Waals surface area contributed by atoms with Gasteiger partial charge in [-0.2, -0.15) is 13.2 Å². The van der Waals surface area contributed by atoms with Crippen molar-refractivity contribution in [2.75, 3.05) is 11.9 Å². The molecule has 1 aliphatic heterocycles. The van der Waals surface area contributed by atoms with E-state index in [1.165, 1.54) is 11.2 Å². The zero-order valence-electron chi connectivity index (χ0n) is 23.2. The molecule has 0 spiro atoms. The third-order valence-corrected chi connectivity index (χ3v) is 7.65. The number of alkyl carbamates (subject to hydrolysis) is 1. The van der Waals surface area contributed by atoms with Crippen LogP contribution in [0.4, 0.5) is 33.7 Å². The highest BCUT2D eigenvalue weighted by Crippen LogP contribution is 2.42. The minimum Gasteiger partial charge on any atom is -0.467 e. The number of carbonyl (C=O) groups excluding carboxylic acids is 3. The van der Waals surface area contributed by atoms with E-state index in [0.29, 0.717) is 29.1 Å². The first kappa shape index (κ1) is 31.3. The van der Waals surface area contributed by atoms with Gasteiger partial charge in [-0.05, 0) is 53.6 Å². The van der Waals surface area contributed by atoms with Gasteiger partial charge in [0.05, 0.1) is 24.1 Å². The van der Waals surface area contributed by atoms with Crippen LogP contribution in [-0.4, -0.2) is 34.5 Å². The maximum absolute atomic E-state index is 13.8. The second-order valence-electron chi connectivity index (χ2n) is 9.64. The summed E-state index contributed by atoms with van der Waals surface area (Å²) in [5, 5.41) is 4.29. The van der Waals surface area contributed by atoms with E-state index in [1.807, 2.05) is 18.2 Å². The molecule has 1 fully saturated rings. The van der Waals surface area contributed by atoms with E-state index in [-0.39, 0.29) is 30.6 Å². The molecule has 3 aromatic carbocycles. The van der Waals surface area contributed by atoms with Crippen molar-refractivity contribution in [3.8, 4) is 0 Å². The van der Waals surface area contributed by atoms with E-state index in [1.54, 1.807) is 48.5 Å². The molecule has 1 unspecified atom stereocenters. The number of carbonyl (C=O) groups is 3. The first-order valence-corrected chi connectivity index (χ1v) is 14.2. The predicted octanol–water partition coefficient (Wildman–Crippen LogP) is 6.81. The molecule has 2 N–H and O–H groups in total. The standard InChI is InChI=1S/C31H24F4N4O5S/c32-25-13-12-22(15-24(25)31(33,34)35)38-29-39(17-23-7-4-14-43-23)28(41)27(45-29)20-8-10-21(11-9-20)37-26(40)16-36-30(42)44-18-19-5-2-1-3-6-19/h1-15,27H,16-18H2,(H,36,42)(H,37,40). The average Bonchev–Trinajstić information content (AvgIpc) is 3.64. The number of nitrogens with zero attached hydrogens (tertiary/aromatic N) is 2. The zero-order valence-corrected chi connectivity index (χ0v) is 24.0. The first-order chi connectivity index (χ1) is 21.6. The van der Waals surface area contributed by atoms with E-state index >= 15 is 0 Å². The molecule has 4 aromatic rings. The van der Waals surface area contributed by atoms with Crippen LogP contribution >= 0.6 is 11.8 Å². The summed E-state index contributed by atoms with van der Waals surface area (Å²) in [5.74, 6) is -1.92. The lowest BCUT2D eigenvalue weighted by molar-refractivity contribution is -0.140. The van der Waals surface area contributed by atoms with Gasteiger partial charge in [-0.15, -0.1) is 0 Å². The lowest BCUT2D eigenvalue weighted by atomic mass is 10.1. The van der Waals surface area contributed by atoms with Gasteiger partial charge < -0.3 is 19.8 Å². The fourth-order valence-corrected chi connectivity index (χ4v) is 5.41. The summed E-state index contributed by atoms with van der Waals surface area (Å²) in [7, 11) is 0. The zero-order chi connectivity index (χ0) is 32.0. The number of rotatable bonds is 9. The van der Waals surface area contributed by atoms with Gasteiger partial charge in [0.15, 0.2) is 5.17 Å². The summed E-state index contributed by atoms with van der Waals surface area (Å²) in [6, 6.07) is 21.0. The molecule has 0 aliphatic carbocycles. The molecule has 0 bridgehead atoms. The van der Waals surface area contributed by atoms with Crippen LogP contribution in [0.1, 0.15) is 27.7 Å². The number of furan rings is 1. The Morgan fingerprint density at radius 2 is 1.76 bits per heavy atom. The lowest BCUT2D eigenvalue weighted by Crippen LogP contribution is -2.33. The van der Waals surface area contributed by atoms with Crippen molar-refractivity contribution in [1.29, 1.82) is 0 Å². The fraction of sp³-hybridized carbons (Fsp3) is 0.161. The van der Waals surface area contributed by atoms with Gasteiger partial charge in [-0.1, -0.05) is 54.2 Å². The molecule has 45 heavy (non-hydrogen) atoms. The number of benzene rings is 3. The van der Waals surface area contributed by atoms with E-state index in [0.717, 1.165) is 23.4 Å². The van der Waals surface area contributed by atoms with E-state index in [2.05, 4.69) is 15.6 Å². The Morgan fingerprint density at radius 3 is 2.44 bits per heavy atom. The SMILES string of the molecule is O=C(CNC(=O)OCc1ccccc1)Nc1ccc(C2SC(=Nc3ccc(F)c(C(F)(F)F)c3)N(Cc3ccco3)C2=O)cc1. The van der Waals surface area contributed by atoms with Crippen LogP contribution < -0.4 is 10.6 Å². The van der Waals surface area contributed by atoms with Crippen molar-refractivity contribution in [2.45, 2.75) is 24.6 Å². The van der Waals surface area contributed by atoms with Gasteiger partial charge in [0.2, 0.25) is 11.8 Å². The van der Waals surface area contributed by atoms with E-state index < -0.39 is 40.7 Å². The number of nitrogens with one attached hydrogen (secondary N) is 2. The van der Waals surface area contributed by atoms with Gasteiger partial charge in [-0.3, -0.25) is 14.5 Å². The Morgan fingerprint density at radius 1 is 1.00 bits per heavy atom. The minimum atomic E-state index is -4.92. The molecule has 14 heteroatoms. The smallest absolute Gasteiger partial charge is 0.419 e. The van der Waals surface area contributed by atoms with Gasteiger partial charge in [0.1, 0.15) is 30.0 Å². The maximum Gasteiger partial charge on any atom is 0.419 e. The van der Waals surface area contributed by atoms with E-state index in [9.17, 15) is 31.9 Å². The Kier molecular flexibility index (Phi) is 9.52. The molecule has 1 saturated heterocycles. The second-order valence-corrected chi connectivity index (χ2v) is 10.7. The van der Waals surface area contributed by atoms with Crippen LogP contribution in [0.5, 0.6) is 0 Å². The highest BCUT2D eigenvalue weighted by molar-refractivity contribution is 8.15. The normalized spacial score (nSPS) is 15.7. The molecule has 1 aromatic heterocycles. The summed E-state index contributed by atoms with van der Waals surface area (Å²) in [6.45, 7) is -0.318. The fourth-order valence-electron chi connectivity index (χ4n) is 4.24. The van der Waals surface area contributed by atoms with Crippen LogP contribution in [0.2, 0.25) is 0 Å². The Balaban J connectivity index is 1.25. The van der Waals surface area contributed by atoms with Crippen LogP contribution in [-0.2, 0) is 33.7 Å². The van der Waals surface area contributed by atoms with Crippen molar-refractivity contribution in [2.24, 2.45) is 4.99 Å². The van der Waals surface area contributed by atoms with E-state index in [4.69, 9.17) is 9.15 Å². The molecule has 0 radical (unpaired) electrons. The van der Waals surface area contributed by atoms with Crippen molar-refractivity contribution in [3.63, 3.8) is 0 Å². The lowest BCUT2D eigenvalue weighted by Gasteiger charge is -2.15.